The highest BCUT2D eigenvalue weighted by atomic mass is 28.4. The minimum absolute atomic E-state index is 0.00356. The lowest BCUT2D eigenvalue weighted by atomic mass is 9.89. The van der Waals surface area contributed by atoms with Crippen molar-refractivity contribution >= 4 is 8.32 Å². The van der Waals surface area contributed by atoms with Crippen molar-refractivity contribution < 1.29 is 17.6 Å². The third kappa shape index (κ3) is 4.47. The number of aromatic nitrogens is 1. The summed E-state index contributed by atoms with van der Waals surface area (Å²) >= 11 is 0. The summed E-state index contributed by atoms with van der Waals surface area (Å²) in [7, 11) is -2.19. The molecule has 2 aromatic carbocycles. The fourth-order valence-corrected chi connectivity index (χ4v) is 5.86. The van der Waals surface area contributed by atoms with Crippen LogP contribution in [-0.2, 0) is 23.4 Å². The zero-order chi connectivity index (χ0) is 25.8. The Morgan fingerprint density at radius 3 is 2.09 bits per heavy atom. The van der Waals surface area contributed by atoms with Crippen LogP contribution in [0.1, 0.15) is 68.7 Å². The van der Waals surface area contributed by atoms with Gasteiger partial charge in [-0.3, -0.25) is 4.98 Å². The van der Waals surface area contributed by atoms with Crippen molar-refractivity contribution in [1.29, 1.82) is 0 Å². The number of aryl methyl sites for hydroxylation is 1. The van der Waals surface area contributed by atoms with Crippen LogP contribution in [0.3, 0.4) is 0 Å². The Morgan fingerprint density at radius 1 is 0.914 bits per heavy atom. The minimum atomic E-state index is -4.37. The highest BCUT2D eigenvalue weighted by molar-refractivity contribution is 6.74. The van der Waals surface area contributed by atoms with E-state index in [1.54, 1.807) is 12.1 Å². The Hall–Kier alpha value is -2.44. The molecule has 6 heteroatoms. The molecule has 0 saturated heterocycles. The first-order valence-electron chi connectivity index (χ1n) is 12.3. The zero-order valence-electron chi connectivity index (χ0n) is 21.6. The molecule has 0 saturated carbocycles. The fraction of sp³-hybridized carbons (Fsp3) is 0.414. The summed E-state index contributed by atoms with van der Waals surface area (Å²) in [5.41, 5.74) is 7.21. The van der Waals surface area contributed by atoms with Crippen molar-refractivity contribution in [3.05, 3.63) is 76.5 Å². The molecule has 0 amide bonds. The average molecular weight is 498 g/mol. The summed E-state index contributed by atoms with van der Waals surface area (Å²) in [6.07, 6.45) is -3.18. The summed E-state index contributed by atoms with van der Waals surface area (Å²) in [5, 5.41) is 0.00356. The molecule has 1 aliphatic carbocycles. The van der Waals surface area contributed by atoms with Crippen LogP contribution in [0.25, 0.3) is 22.4 Å². The lowest BCUT2D eigenvalue weighted by molar-refractivity contribution is -0.137. The van der Waals surface area contributed by atoms with Crippen molar-refractivity contribution in [3.8, 4) is 22.4 Å². The second-order valence-corrected chi connectivity index (χ2v) is 15.6. The molecule has 0 fully saturated rings. The molecule has 2 nitrogen and oxygen atoms in total. The van der Waals surface area contributed by atoms with Crippen molar-refractivity contribution in [2.24, 2.45) is 0 Å². The Kier molecular flexibility index (Phi) is 6.52. The van der Waals surface area contributed by atoms with E-state index in [2.05, 4.69) is 59.8 Å². The van der Waals surface area contributed by atoms with Crippen molar-refractivity contribution in [1.82, 2.24) is 4.98 Å². The monoisotopic (exact) mass is 497 g/mol. The van der Waals surface area contributed by atoms with Crippen LogP contribution in [0.4, 0.5) is 13.2 Å². The highest BCUT2D eigenvalue weighted by Gasteiger charge is 2.44. The van der Waals surface area contributed by atoms with Gasteiger partial charge < -0.3 is 4.43 Å². The van der Waals surface area contributed by atoms with Crippen LogP contribution in [0, 0.1) is 0 Å². The van der Waals surface area contributed by atoms with Crippen LogP contribution in [0.15, 0.2) is 48.5 Å². The number of nitrogens with zero attached hydrogens (tertiary/aromatic N) is 1. The zero-order valence-corrected chi connectivity index (χ0v) is 22.6. The molecule has 0 aliphatic heterocycles. The van der Waals surface area contributed by atoms with Gasteiger partial charge in [-0.15, -0.1) is 0 Å². The number of hydrogen-bond acceptors (Lipinski definition) is 2. The highest BCUT2D eigenvalue weighted by Crippen LogP contribution is 2.53. The van der Waals surface area contributed by atoms with Gasteiger partial charge in [0.05, 0.1) is 17.4 Å². The third-order valence-electron chi connectivity index (χ3n) is 7.59. The topological polar surface area (TPSA) is 22.1 Å². The second-order valence-electron chi connectivity index (χ2n) is 10.8. The quantitative estimate of drug-likeness (QED) is 0.328. The molecule has 1 aromatic heterocycles. The number of alkyl halides is 3. The maximum absolute atomic E-state index is 13.3. The first-order valence-corrected chi connectivity index (χ1v) is 15.2. The summed E-state index contributed by atoms with van der Waals surface area (Å²) < 4.78 is 47.0. The molecule has 1 heterocycles. The lowest BCUT2D eigenvalue weighted by Crippen LogP contribution is -2.41. The standard InChI is InChI=1S/C29H34F3NOSi/c1-8-20-23(9-2)33-26-21-12-10-11-13-22(21)27(34-35(6,7)28(3,4)5)25(26)24(20)18-14-16-19(17-15-18)29(30,31)32/h10-17,27H,8-9H2,1-7H3. The summed E-state index contributed by atoms with van der Waals surface area (Å²) in [6, 6.07) is 13.8. The van der Waals surface area contributed by atoms with Gasteiger partial charge in [0.15, 0.2) is 8.32 Å². The van der Waals surface area contributed by atoms with Crippen LogP contribution in [0.5, 0.6) is 0 Å². The van der Waals surface area contributed by atoms with E-state index >= 15 is 0 Å². The Bertz CT molecular complexity index is 1240. The van der Waals surface area contributed by atoms with Crippen LogP contribution in [0.2, 0.25) is 18.1 Å². The van der Waals surface area contributed by atoms with E-state index in [1.807, 2.05) is 12.1 Å². The smallest absolute Gasteiger partial charge is 0.406 e. The number of halogens is 3. The van der Waals surface area contributed by atoms with Gasteiger partial charge in [0.1, 0.15) is 0 Å². The van der Waals surface area contributed by atoms with E-state index in [9.17, 15) is 13.2 Å². The van der Waals surface area contributed by atoms with Gasteiger partial charge in [-0.25, -0.2) is 0 Å². The van der Waals surface area contributed by atoms with Gasteiger partial charge in [-0.1, -0.05) is 71.0 Å². The van der Waals surface area contributed by atoms with E-state index in [0.29, 0.717) is 0 Å². The van der Waals surface area contributed by atoms with Gasteiger partial charge in [0.25, 0.3) is 0 Å². The molecule has 1 aliphatic rings. The predicted molar refractivity (Wildman–Crippen MR) is 139 cm³/mol. The molecule has 1 unspecified atom stereocenters. The van der Waals surface area contributed by atoms with Gasteiger partial charge in [0.2, 0.25) is 0 Å². The largest absolute Gasteiger partial charge is 0.416 e. The Morgan fingerprint density at radius 2 is 1.54 bits per heavy atom. The number of hydrogen-bond donors (Lipinski definition) is 0. The van der Waals surface area contributed by atoms with Crippen molar-refractivity contribution in [2.75, 3.05) is 0 Å². The van der Waals surface area contributed by atoms with E-state index in [0.717, 1.165) is 57.6 Å². The molecular formula is C29H34F3NOSi. The van der Waals surface area contributed by atoms with Crippen LogP contribution in [-0.4, -0.2) is 13.3 Å². The average Bonchev–Trinajstić information content (AvgIpc) is 3.09. The Balaban J connectivity index is 2.02. The van der Waals surface area contributed by atoms with Gasteiger partial charge in [-0.2, -0.15) is 13.2 Å². The maximum Gasteiger partial charge on any atom is 0.416 e. The first-order chi connectivity index (χ1) is 16.3. The molecule has 3 aromatic rings. The summed E-state index contributed by atoms with van der Waals surface area (Å²) in [5.74, 6) is 0. The number of pyridine rings is 1. The predicted octanol–water partition coefficient (Wildman–Crippen LogP) is 8.98. The van der Waals surface area contributed by atoms with Gasteiger partial charge in [-0.05, 0) is 65.4 Å². The van der Waals surface area contributed by atoms with Crippen LogP contribution < -0.4 is 0 Å². The molecule has 35 heavy (non-hydrogen) atoms. The molecule has 0 spiro atoms. The normalized spacial score (nSPS) is 15.8. The first kappa shape index (κ1) is 25.6. The summed E-state index contributed by atoms with van der Waals surface area (Å²) in [4.78, 5) is 5.12. The van der Waals surface area contributed by atoms with E-state index in [1.165, 1.54) is 12.1 Å². The van der Waals surface area contributed by atoms with Crippen LogP contribution >= 0.6 is 0 Å². The molecule has 0 radical (unpaired) electrons. The number of rotatable bonds is 5. The molecule has 186 valence electrons. The maximum atomic E-state index is 13.3. The molecule has 0 bridgehead atoms. The third-order valence-corrected chi connectivity index (χ3v) is 12.0. The van der Waals surface area contributed by atoms with Crippen molar-refractivity contribution in [2.45, 2.75) is 77.9 Å². The molecular weight excluding hydrogens is 463 g/mol. The number of benzene rings is 2. The SMILES string of the molecule is CCc1nc2c(c(-c3ccc(C(F)(F)F)cc3)c1CC)C(O[Si](C)(C)C(C)(C)C)c1ccccc1-2. The second kappa shape index (κ2) is 8.89. The lowest BCUT2D eigenvalue weighted by Gasteiger charge is -2.39. The van der Waals surface area contributed by atoms with Gasteiger partial charge >= 0.3 is 6.18 Å². The van der Waals surface area contributed by atoms with Crippen molar-refractivity contribution in [3.63, 3.8) is 0 Å². The molecule has 1 atom stereocenters. The van der Waals surface area contributed by atoms with E-state index in [4.69, 9.17) is 9.41 Å². The van der Waals surface area contributed by atoms with E-state index < -0.39 is 20.1 Å². The molecule has 0 N–H and O–H groups in total. The fourth-order valence-electron chi connectivity index (χ4n) is 4.67. The molecule has 4 rings (SSSR count). The van der Waals surface area contributed by atoms with Gasteiger partial charge in [0, 0.05) is 16.8 Å². The Labute approximate surface area is 207 Å². The number of fused-ring (bicyclic) bond motifs is 3. The van der Waals surface area contributed by atoms with E-state index in [-0.39, 0.29) is 11.1 Å². The summed E-state index contributed by atoms with van der Waals surface area (Å²) in [6.45, 7) is 15.3. The minimum Gasteiger partial charge on any atom is -0.406 e.